The Bertz CT molecular complexity index is 494. The first-order valence-corrected chi connectivity index (χ1v) is 6.13. The van der Waals surface area contributed by atoms with Crippen LogP contribution in [0.25, 0.3) is 0 Å². The lowest BCUT2D eigenvalue weighted by Gasteiger charge is -2.35. The van der Waals surface area contributed by atoms with Crippen molar-refractivity contribution < 1.29 is 18.3 Å². The second kappa shape index (κ2) is 4.47. The van der Waals surface area contributed by atoms with Gasteiger partial charge in [0.25, 0.3) is 5.92 Å². The van der Waals surface area contributed by atoms with Crippen molar-refractivity contribution in [3.8, 4) is 0 Å². The number of hydrogen-bond acceptors (Lipinski definition) is 2. The van der Waals surface area contributed by atoms with Crippen LogP contribution in [0.2, 0.25) is 0 Å². The first kappa shape index (κ1) is 13.8. The van der Waals surface area contributed by atoms with Crippen LogP contribution >= 0.6 is 0 Å². The molecule has 0 N–H and O–H groups in total. The maximum absolute atomic E-state index is 14.0. The maximum atomic E-state index is 14.0. The van der Waals surface area contributed by atoms with Gasteiger partial charge in [-0.15, -0.1) is 0 Å². The molecule has 0 radical (unpaired) electrons. The highest BCUT2D eigenvalue weighted by atomic mass is 19.3. The predicted molar refractivity (Wildman–Crippen MR) is 67.0 cm³/mol. The van der Waals surface area contributed by atoms with Crippen LogP contribution in [0.4, 0.5) is 13.6 Å². The minimum atomic E-state index is -3.04. The number of ether oxygens (including phenoxy) is 1. The van der Waals surface area contributed by atoms with Gasteiger partial charge in [-0.25, -0.2) is 4.79 Å². The van der Waals surface area contributed by atoms with E-state index in [9.17, 15) is 13.6 Å². The summed E-state index contributed by atoms with van der Waals surface area (Å²) >= 11 is 0. The third kappa shape index (κ3) is 3.03. The number of carbonyl (C=O) groups is 1. The Kier molecular flexibility index (Phi) is 3.24. The highest BCUT2D eigenvalue weighted by Gasteiger charge is 2.42. The second-order valence-corrected chi connectivity index (χ2v) is 5.70. The molecule has 5 heteroatoms. The highest BCUT2D eigenvalue weighted by molar-refractivity contribution is 5.69. The summed E-state index contributed by atoms with van der Waals surface area (Å²) in [5.41, 5.74) is -0.233. The quantitative estimate of drug-likeness (QED) is 0.721. The van der Waals surface area contributed by atoms with Gasteiger partial charge in [0, 0.05) is 12.1 Å². The molecule has 1 heterocycles. The molecule has 1 aliphatic heterocycles. The summed E-state index contributed by atoms with van der Waals surface area (Å²) in [7, 11) is 0. The van der Waals surface area contributed by atoms with Gasteiger partial charge >= 0.3 is 6.09 Å². The molecule has 0 bridgehead atoms. The molecule has 3 nitrogen and oxygen atoms in total. The number of carbonyl (C=O) groups excluding carboxylic acids is 1. The van der Waals surface area contributed by atoms with Gasteiger partial charge < -0.3 is 4.74 Å². The molecule has 104 valence electrons. The van der Waals surface area contributed by atoms with E-state index in [-0.39, 0.29) is 12.1 Å². The summed E-state index contributed by atoms with van der Waals surface area (Å²) in [5, 5.41) is 0. The van der Waals surface area contributed by atoms with Gasteiger partial charge in [-0.1, -0.05) is 24.3 Å². The lowest BCUT2D eigenvalue weighted by atomic mass is 9.97. The fourth-order valence-corrected chi connectivity index (χ4v) is 2.06. The Labute approximate surface area is 111 Å². The minimum Gasteiger partial charge on any atom is -0.444 e. The molecule has 0 saturated carbocycles. The minimum absolute atomic E-state index is 0.00481. The molecule has 0 saturated heterocycles. The smallest absolute Gasteiger partial charge is 0.410 e. The van der Waals surface area contributed by atoms with Gasteiger partial charge in [-0.05, 0) is 26.3 Å². The van der Waals surface area contributed by atoms with Crippen LogP contribution in [0.1, 0.15) is 31.9 Å². The predicted octanol–water partition coefficient (Wildman–Crippen LogP) is 3.53. The number of hydrogen-bond donors (Lipinski definition) is 0. The van der Waals surface area contributed by atoms with E-state index in [4.69, 9.17) is 4.74 Å². The van der Waals surface area contributed by atoms with Gasteiger partial charge in [0.1, 0.15) is 5.60 Å². The van der Waals surface area contributed by atoms with E-state index in [0.717, 1.165) is 4.90 Å². The monoisotopic (exact) mass is 269 g/mol. The van der Waals surface area contributed by atoms with Gasteiger partial charge in [0.05, 0.1) is 6.54 Å². The lowest BCUT2D eigenvalue weighted by Crippen LogP contribution is -2.45. The van der Waals surface area contributed by atoms with Crippen LogP contribution < -0.4 is 0 Å². The highest BCUT2D eigenvalue weighted by Crippen LogP contribution is 2.36. The van der Waals surface area contributed by atoms with Crippen molar-refractivity contribution >= 4 is 6.09 Å². The number of rotatable bonds is 0. The zero-order valence-electron chi connectivity index (χ0n) is 11.2. The van der Waals surface area contributed by atoms with Crippen molar-refractivity contribution in [3.05, 3.63) is 35.4 Å². The fourth-order valence-electron chi connectivity index (χ4n) is 2.06. The Morgan fingerprint density at radius 2 is 1.95 bits per heavy atom. The zero-order chi connectivity index (χ0) is 14.3. The first-order chi connectivity index (χ1) is 8.69. The summed E-state index contributed by atoms with van der Waals surface area (Å²) in [5.74, 6) is -3.04. The van der Waals surface area contributed by atoms with Gasteiger partial charge in [-0.2, -0.15) is 8.78 Å². The molecule has 1 aromatic rings. The molecule has 0 fully saturated rings. The molecular weight excluding hydrogens is 252 g/mol. The molecular formula is C14H17F2NO2. The van der Waals surface area contributed by atoms with E-state index >= 15 is 0 Å². The molecule has 0 aliphatic carbocycles. The zero-order valence-corrected chi connectivity index (χ0v) is 11.2. The van der Waals surface area contributed by atoms with Crippen molar-refractivity contribution in [1.29, 1.82) is 0 Å². The van der Waals surface area contributed by atoms with E-state index in [0.29, 0.717) is 5.56 Å². The van der Waals surface area contributed by atoms with Gasteiger partial charge in [0.2, 0.25) is 0 Å². The third-order valence-corrected chi connectivity index (χ3v) is 2.81. The third-order valence-electron chi connectivity index (χ3n) is 2.81. The molecule has 1 aromatic carbocycles. The van der Waals surface area contributed by atoms with Crippen LogP contribution in [0.3, 0.4) is 0 Å². The molecule has 0 spiro atoms. The van der Waals surface area contributed by atoms with Crippen molar-refractivity contribution in [2.24, 2.45) is 0 Å². The van der Waals surface area contributed by atoms with Crippen LogP contribution in [0.15, 0.2) is 24.3 Å². The molecule has 2 rings (SSSR count). The van der Waals surface area contributed by atoms with Gasteiger partial charge in [-0.3, -0.25) is 4.90 Å². The van der Waals surface area contributed by atoms with Crippen molar-refractivity contribution in [3.63, 3.8) is 0 Å². The molecule has 0 aromatic heterocycles. The van der Waals surface area contributed by atoms with Crippen LogP contribution in [0.5, 0.6) is 0 Å². The Morgan fingerprint density at radius 3 is 2.58 bits per heavy atom. The standard InChI is InChI=1S/C14H17F2NO2/c1-13(2,3)19-12(18)17-8-10-6-4-5-7-11(10)14(15,16)9-17/h4-7H,8-9H2,1-3H3. The summed E-state index contributed by atoms with van der Waals surface area (Å²) in [6.45, 7) is 4.64. The summed E-state index contributed by atoms with van der Waals surface area (Å²) in [4.78, 5) is 12.9. The van der Waals surface area contributed by atoms with Crippen LogP contribution in [-0.2, 0) is 17.2 Å². The number of halogens is 2. The Balaban J connectivity index is 2.23. The van der Waals surface area contributed by atoms with E-state index in [2.05, 4.69) is 0 Å². The van der Waals surface area contributed by atoms with E-state index < -0.39 is 24.2 Å². The number of nitrogens with zero attached hydrogens (tertiary/aromatic N) is 1. The number of amides is 1. The second-order valence-electron chi connectivity index (χ2n) is 5.70. The Hall–Kier alpha value is -1.65. The van der Waals surface area contributed by atoms with Crippen molar-refractivity contribution in [2.75, 3.05) is 6.54 Å². The summed E-state index contributed by atoms with van der Waals surface area (Å²) in [6, 6.07) is 6.28. The normalized spacial score (nSPS) is 17.8. The molecule has 0 atom stereocenters. The average molecular weight is 269 g/mol. The van der Waals surface area contributed by atoms with Gasteiger partial charge in [0.15, 0.2) is 0 Å². The lowest BCUT2D eigenvalue weighted by molar-refractivity contribution is -0.0591. The van der Waals surface area contributed by atoms with E-state index in [1.165, 1.54) is 6.07 Å². The van der Waals surface area contributed by atoms with Crippen LogP contribution in [-0.4, -0.2) is 23.1 Å². The molecule has 1 amide bonds. The average Bonchev–Trinajstić information content (AvgIpc) is 2.25. The summed E-state index contributed by atoms with van der Waals surface area (Å²) in [6.07, 6.45) is -0.707. The molecule has 19 heavy (non-hydrogen) atoms. The fraction of sp³-hybridized carbons (Fsp3) is 0.500. The van der Waals surface area contributed by atoms with Crippen molar-refractivity contribution in [2.45, 2.75) is 38.8 Å². The Morgan fingerprint density at radius 1 is 1.32 bits per heavy atom. The number of alkyl halides is 2. The maximum Gasteiger partial charge on any atom is 0.410 e. The molecule has 1 aliphatic rings. The van der Waals surface area contributed by atoms with Crippen molar-refractivity contribution in [1.82, 2.24) is 4.90 Å². The number of fused-ring (bicyclic) bond motifs is 1. The largest absolute Gasteiger partial charge is 0.444 e. The topological polar surface area (TPSA) is 29.5 Å². The molecule has 0 unspecified atom stereocenters. The van der Waals surface area contributed by atoms with E-state index in [1.807, 2.05) is 0 Å². The van der Waals surface area contributed by atoms with E-state index in [1.54, 1.807) is 39.0 Å². The first-order valence-electron chi connectivity index (χ1n) is 6.13. The number of benzene rings is 1. The SMILES string of the molecule is CC(C)(C)OC(=O)N1Cc2ccccc2C(F)(F)C1. The van der Waals surface area contributed by atoms with Crippen LogP contribution in [0, 0.1) is 0 Å². The summed E-state index contributed by atoms with van der Waals surface area (Å²) < 4.78 is 33.1.